The first-order valence-corrected chi connectivity index (χ1v) is 9.61. The van der Waals surface area contributed by atoms with Gasteiger partial charge in [-0.05, 0) is 25.1 Å². The third-order valence-electron chi connectivity index (χ3n) is 4.06. The van der Waals surface area contributed by atoms with Crippen molar-refractivity contribution in [1.82, 2.24) is 20.1 Å². The fourth-order valence-corrected chi connectivity index (χ4v) is 3.55. The van der Waals surface area contributed by atoms with Crippen molar-refractivity contribution >= 4 is 22.7 Å². The molecule has 0 bridgehead atoms. The highest BCUT2D eigenvalue weighted by molar-refractivity contribution is 7.99. The van der Waals surface area contributed by atoms with Gasteiger partial charge in [0.1, 0.15) is 5.03 Å². The SMILES string of the molecule is CC(Sc1nc(-c2ccco2)nc2ccccc12)c1nc(C(C)(C)C)no1. The third kappa shape index (κ3) is 3.60. The van der Waals surface area contributed by atoms with Crippen LogP contribution >= 0.6 is 11.8 Å². The standard InChI is InChI=1S/C20H20N4O2S/c1-12(17-23-19(24-26-17)20(2,3)4)27-18-13-8-5-6-9-14(13)21-16(22-18)15-10-7-11-25-15/h5-12H,1-4H3. The molecule has 0 amide bonds. The number of benzene rings is 1. The summed E-state index contributed by atoms with van der Waals surface area (Å²) in [6, 6.07) is 11.6. The van der Waals surface area contributed by atoms with Gasteiger partial charge in [-0.25, -0.2) is 9.97 Å². The van der Waals surface area contributed by atoms with E-state index in [9.17, 15) is 0 Å². The summed E-state index contributed by atoms with van der Waals surface area (Å²) in [6.45, 7) is 8.22. The summed E-state index contributed by atoms with van der Waals surface area (Å²) < 4.78 is 11.0. The number of aromatic nitrogens is 4. The van der Waals surface area contributed by atoms with Crippen molar-refractivity contribution in [1.29, 1.82) is 0 Å². The van der Waals surface area contributed by atoms with Crippen LogP contribution in [0.2, 0.25) is 0 Å². The Morgan fingerprint density at radius 3 is 2.52 bits per heavy atom. The lowest BCUT2D eigenvalue weighted by molar-refractivity contribution is 0.364. The van der Waals surface area contributed by atoms with E-state index in [1.807, 2.05) is 43.3 Å². The quantitative estimate of drug-likeness (QED) is 0.345. The van der Waals surface area contributed by atoms with Gasteiger partial charge in [0.2, 0.25) is 5.89 Å². The zero-order valence-electron chi connectivity index (χ0n) is 15.6. The second kappa shape index (κ2) is 6.81. The number of thioether (sulfide) groups is 1. The molecule has 3 aromatic heterocycles. The Kier molecular flexibility index (Phi) is 4.47. The number of hydrogen-bond acceptors (Lipinski definition) is 7. The Hall–Kier alpha value is -2.67. The molecule has 0 aliphatic rings. The summed E-state index contributed by atoms with van der Waals surface area (Å²) in [5.74, 6) is 2.50. The van der Waals surface area contributed by atoms with Gasteiger partial charge < -0.3 is 8.94 Å². The topological polar surface area (TPSA) is 77.8 Å². The predicted molar refractivity (Wildman–Crippen MR) is 105 cm³/mol. The van der Waals surface area contributed by atoms with Gasteiger partial charge in [-0.2, -0.15) is 4.98 Å². The van der Waals surface area contributed by atoms with Crippen molar-refractivity contribution in [2.75, 3.05) is 0 Å². The van der Waals surface area contributed by atoms with E-state index in [1.165, 1.54) is 0 Å². The summed E-state index contributed by atoms with van der Waals surface area (Å²) in [6.07, 6.45) is 1.62. The molecule has 1 unspecified atom stereocenters. The van der Waals surface area contributed by atoms with Crippen molar-refractivity contribution in [3.8, 4) is 11.6 Å². The maximum absolute atomic E-state index is 5.50. The molecular formula is C20H20N4O2S. The smallest absolute Gasteiger partial charge is 0.239 e. The zero-order valence-corrected chi connectivity index (χ0v) is 16.4. The van der Waals surface area contributed by atoms with Crippen molar-refractivity contribution in [2.24, 2.45) is 0 Å². The number of furan rings is 1. The summed E-state index contributed by atoms with van der Waals surface area (Å²) in [5, 5.41) is 5.92. The van der Waals surface area contributed by atoms with Crippen molar-refractivity contribution in [3.05, 3.63) is 54.4 Å². The first kappa shape index (κ1) is 17.7. The second-order valence-electron chi connectivity index (χ2n) is 7.31. The number of rotatable bonds is 4. The average molecular weight is 380 g/mol. The van der Waals surface area contributed by atoms with Crippen LogP contribution in [0.25, 0.3) is 22.5 Å². The maximum atomic E-state index is 5.50. The van der Waals surface area contributed by atoms with Crippen molar-refractivity contribution < 1.29 is 8.94 Å². The minimum Gasteiger partial charge on any atom is -0.461 e. The van der Waals surface area contributed by atoms with Gasteiger partial charge in [0.05, 0.1) is 17.0 Å². The highest BCUT2D eigenvalue weighted by Gasteiger charge is 2.24. The molecule has 1 atom stereocenters. The minimum atomic E-state index is -0.153. The molecule has 7 heteroatoms. The number of para-hydroxylation sites is 1. The van der Waals surface area contributed by atoms with E-state index in [4.69, 9.17) is 13.9 Å². The first-order valence-electron chi connectivity index (χ1n) is 8.73. The lowest BCUT2D eigenvalue weighted by atomic mass is 9.96. The monoisotopic (exact) mass is 380 g/mol. The summed E-state index contributed by atoms with van der Waals surface area (Å²) in [4.78, 5) is 13.9. The van der Waals surface area contributed by atoms with E-state index in [2.05, 4.69) is 35.9 Å². The van der Waals surface area contributed by atoms with Crippen LogP contribution in [0, 0.1) is 0 Å². The van der Waals surface area contributed by atoms with Gasteiger partial charge in [-0.1, -0.05) is 55.9 Å². The van der Waals surface area contributed by atoms with Crippen LogP contribution in [-0.4, -0.2) is 20.1 Å². The zero-order chi connectivity index (χ0) is 19.0. The van der Waals surface area contributed by atoms with E-state index in [0.29, 0.717) is 23.3 Å². The Bertz CT molecular complexity index is 1070. The maximum Gasteiger partial charge on any atom is 0.239 e. The molecule has 4 rings (SSSR count). The molecule has 27 heavy (non-hydrogen) atoms. The summed E-state index contributed by atoms with van der Waals surface area (Å²) in [7, 11) is 0. The lowest BCUT2D eigenvalue weighted by Crippen LogP contribution is -2.13. The van der Waals surface area contributed by atoms with Crippen LogP contribution in [0.1, 0.15) is 44.7 Å². The molecule has 0 aliphatic heterocycles. The van der Waals surface area contributed by atoms with Gasteiger partial charge >= 0.3 is 0 Å². The molecule has 6 nitrogen and oxygen atoms in total. The molecule has 0 N–H and O–H groups in total. The largest absolute Gasteiger partial charge is 0.461 e. The third-order valence-corrected chi connectivity index (χ3v) is 5.15. The molecule has 3 heterocycles. The molecule has 0 saturated heterocycles. The van der Waals surface area contributed by atoms with E-state index in [1.54, 1.807) is 18.0 Å². The van der Waals surface area contributed by atoms with Crippen LogP contribution in [0.4, 0.5) is 0 Å². The highest BCUT2D eigenvalue weighted by atomic mass is 32.2. The van der Waals surface area contributed by atoms with Gasteiger partial charge in [0, 0.05) is 10.8 Å². The fraction of sp³-hybridized carbons (Fsp3) is 0.300. The van der Waals surface area contributed by atoms with Gasteiger partial charge in [-0.15, -0.1) is 0 Å². The van der Waals surface area contributed by atoms with Crippen molar-refractivity contribution in [2.45, 2.75) is 43.4 Å². The molecule has 0 fully saturated rings. The van der Waals surface area contributed by atoms with Gasteiger partial charge in [0.25, 0.3) is 0 Å². The molecule has 0 spiro atoms. The van der Waals surface area contributed by atoms with Crippen LogP contribution in [0.5, 0.6) is 0 Å². The number of fused-ring (bicyclic) bond motifs is 1. The van der Waals surface area contributed by atoms with E-state index < -0.39 is 0 Å². The molecule has 4 aromatic rings. The summed E-state index contributed by atoms with van der Waals surface area (Å²) in [5.41, 5.74) is 0.717. The Balaban J connectivity index is 1.71. The van der Waals surface area contributed by atoms with Crippen LogP contribution in [-0.2, 0) is 5.41 Å². The van der Waals surface area contributed by atoms with E-state index in [-0.39, 0.29) is 10.7 Å². The highest BCUT2D eigenvalue weighted by Crippen LogP contribution is 2.38. The predicted octanol–water partition coefficient (Wildman–Crippen LogP) is 5.42. The normalized spacial score (nSPS) is 13.2. The van der Waals surface area contributed by atoms with Crippen molar-refractivity contribution in [3.63, 3.8) is 0 Å². The fourth-order valence-electron chi connectivity index (χ4n) is 2.58. The molecule has 1 aromatic carbocycles. The first-order chi connectivity index (χ1) is 12.9. The average Bonchev–Trinajstić information content (AvgIpc) is 3.33. The summed E-state index contributed by atoms with van der Waals surface area (Å²) >= 11 is 1.57. The van der Waals surface area contributed by atoms with Crippen LogP contribution < -0.4 is 0 Å². The van der Waals surface area contributed by atoms with E-state index >= 15 is 0 Å². The molecular weight excluding hydrogens is 360 g/mol. The molecule has 0 saturated carbocycles. The van der Waals surface area contributed by atoms with Crippen LogP contribution in [0.3, 0.4) is 0 Å². The Morgan fingerprint density at radius 1 is 1.00 bits per heavy atom. The van der Waals surface area contributed by atoms with Gasteiger partial charge in [0.15, 0.2) is 17.4 Å². The number of hydrogen-bond donors (Lipinski definition) is 0. The van der Waals surface area contributed by atoms with Gasteiger partial charge in [-0.3, -0.25) is 0 Å². The second-order valence-corrected chi connectivity index (χ2v) is 8.64. The lowest BCUT2D eigenvalue weighted by Gasteiger charge is -2.12. The minimum absolute atomic E-state index is 0.0450. The molecule has 138 valence electrons. The Morgan fingerprint density at radius 2 is 1.81 bits per heavy atom. The molecule has 0 radical (unpaired) electrons. The number of nitrogens with zero attached hydrogens (tertiary/aromatic N) is 4. The molecule has 0 aliphatic carbocycles. The Labute approximate surface area is 161 Å². The van der Waals surface area contributed by atoms with Crippen LogP contribution in [0.15, 0.2) is 56.6 Å². The van der Waals surface area contributed by atoms with E-state index in [0.717, 1.165) is 15.9 Å².